The molecule has 6 nitrogen and oxygen atoms in total. The van der Waals surface area contributed by atoms with E-state index in [0.717, 1.165) is 5.56 Å². The van der Waals surface area contributed by atoms with E-state index in [9.17, 15) is 14.0 Å². The van der Waals surface area contributed by atoms with Gasteiger partial charge in [0, 0.05) is 31.4 Å². The highest BCUT2D eigenvalue weighted by atomic mass is 35.5. The first-order valence-electron chi connectivity index (χ1n) is 12.8. The SMILES string of the molecule is Cc1cc(Oc2ccccc2)ccc1N(C(=O)CCl)[C@@H](C(=O)N1CCN[C@H](C(C)C)C1)c1ccc(F)cc1.Cl. The number of halogens is 3. The number of carbonyl (C=O) groups excluding carboxylic acids is 2. The Morgan fingerprint density at radius 2 is 1.77 bits per heavy atom. The predicted molar refractivity (Wildman–Crippen MR) is 155 cm³/mol. The van der Waals surface area contributed by atoms with Gasteiger partial charge in [0.2, 0.25) is 5.91 Å². The van der Waals surface area contributed by atoms with Gasteiger partial charge in [0.1, 0.15) is 29.2 Å². The fourth-order valence-corrected chi connectivity index (χ4v) is 4.84. The summed E-state index contributed by atoms with van der Waals surface area (Å²) in [5, 5.41) is 3.46. The molecule has 0 aliphatic carbocycles. The molecule has 0 radical (unpaired) electrons. The van der Waals surface area contributed by atoms with Crippen LogP contribution >= 0.6 is 24.0 Å². The summed E-state index contributed by atoms with van der Waals surface area (Å²) in [6, 6.07) is 19.6. The molecule has 3 aromatic rings. The fourth-order valence-electron chi connectivity index (χ4n) is 4.71. The zero-order valence-electron chi connectivity index (χ0n) is 22.3. The lowest BCUT2D eigenvalue weighted by Crippen LogP contribution is -2.57. The number of piperazine rings is 1. The number of nitrogens with one attached hydrogen (secondary N) is 1. The average molecular weight is 575 g/mol. The van der Waals surface area contributed by atoms with Crippen LogP contribution in [0.4, 0.5) is 10.1 Å². The first-order valence-corrected chi connectivity index (χ1v) is 13.3. The lowest BCUT2D eigenvalue weighted by molar-refractivity contribution is -0.135. The molecule has 0 bridgehead atoms. The molecule has 2 amide bonds. The van der Waals surface area contributed by atoms with Crippen LogP contribution in [0.5, 0.6) is 11.5 Å². The number of benzene rings is 3. The van der Waals surface area contributed by atoms with E-state index in [-0.39, 0.29) is 30.2 Å². The smallest absolute Gasteiger partial charge is 0.250 e. The number of alkyl halides is 1. The molecule has 1 aliphatic rings. The van der Waals surface area contributed by atoms with Crippen molar-refractivity contribution in [2.75, 3.05) is 30.4 Å². The van der Waals surface area contributed by atoms with Crippen LogP contribution in [-0.2, 0) is 9.59 Å². The summed E-state index contributed by atoms with van der Waals surface area (Å²) in [5.41, 5.74) is 1.78. The summed E-state index contributed by atoms with van der Waals surface area (Å²) in [4.78, 5) is 30.8. The largest absolute Gasteiger partial charge is 0.457 e. The van der Waals surface area contributed by atoms with E-state index >= 15 is 0 Å². The van der Waals surface area contributed by atoms with Crippen molar-refractivity contribution in [2.24, 2.45) is 5.92 Å². The third-order valence-electron chi connectivity index (χ3n) is 6.79. The molecule has 1 fully saturated rings. The number of carbonyl (C=O) groups is 2. The number of ether oxygens (including phenoxy) is 1. The molecule has 208 valence electrons. The number of anilines is 1. The minimum Gasteiger partial charge on any atom is -0.457 e. The molecule has 1 aliphatic heterocycles. The highest BCUT2D eigenvalue weighted by Gasteiger charge is 2.37. The summed E-state index contributed by atoms with van der Waals surface area (Å²) < 4.78 is 19.8. The Hall–Kier alpha value is -3.13. The van der Waals surface area contributed by atoms with E-state index in [1.54, 1.807) is 29.2 Å². The van der Waals surface area contributed by atoms with Gasteiger partial charge in [-0.2, -0.15) is 0 Å². The summed E-state index contributed by atoms with van der Waals surface area (Å²) in [6.45, 7) is 7.74. The van der Waals surface area contributed by atoms with Gasteiger partial charge in [0.05, 0.1) is 0 Å². The molecule has 0 aromatic heterocycles. The van der Waals surface area contributed by atoms with E-state index < -0.39 is 17.8 Å². The predicted octanol–water partition coefficient (Wildman–Crippen LogP) is 6.12. The quantitative estimate of drug-likeness (QED) is 0.330. The van der Waals surface area contributed by atoms with Crippen LogP contribution in [-0.4, -0.2) is 48.3 Å². The normalized spacial score (nSPS) is 15.8. The topological polar surface area (TPSA) is 61.9 Å². The van der Waals surface area contributed by atoms with Crippen molar-refractivity contribution in [3.8, 4) is 11.5 Å². The highest BCUT2D eigenvalue weighted by molar-refractivity contribution is 6.30. The first kappa shape index (κ1) is 30.4. The Morgan fingerprint density at radius 1 is 1.08 bits per heavy atom. The number of rotatable bonds is 8. The highest BCUT2D eigenvalue weighted by Crippen LogP contribution is 2.35. The molecule has 0 unspecified atom stereocenters. The maximum atomic E-state index is 14.1. The van der Waals surface area contributed by atoms with Gasteiger partial charge in [-0.25, -0.2) is 4.39 Å². The molecule has 1 heterocycles. The second-order valence-electron chi connectivity index (χ2n) is 9.80. The Labute approximate surface area is 240 Å². The van der Waals surface area contributed by atoms with E-state index in [1.807, 2.05) is 43.3 Å². The zero-order chi connectivity index (χ0) is 27.2. The number of aryl methyl sites for hydroxylation is 1. The van der Waals surface area contributed by atoms with Crippen molar-refractivity contribution in [2.45, 2.75) is 32.9 Å². The van der Waals surface area contributed by atoms with Gasteiger partial charge >= 0.3 is 0 Å². The number of nitrogens with zero attached hydrogens (tertiary/aromatic N) is 2. The van der Waals surface area contributed by atoms with Crippen LogP contribution < -0.4 is 15.0 Å². The van der Waals surface area contributed by atoms with Crippen molar-refractivity contribution in [3.63, 3.8) is 0 Å². The Morgan fingerprint density at radius 3 is 2.38 bits per heavy atom. The number of amides is 2. The van der Waals surface area contributed by atoms with Crippen LogP contribution in [0.3, 0.4) is 0 Å². The average Bonchev–Trinajstić information content (AvgIpc) is 2.93. The van der Waals surface area contributed by atoms with E-state index in [2.05, 4.69) is 19.2 Å². The molecular weight excluding hydrogens is 540 g/mol. The zero-order valence-corrected chi connectivity index (χ0v) is 23.8. The maximum Gasteiger partial charge on any atom is 0.250 e. The number of hydrogen-bond donors (Lipinski definition) is 1. The molecular formula is C30H34Cl2FN3O3. The lowest BCUT2D eigenvalue weighted by Gasteiger charge is -2.40. The molecule has 1 saturated heterocycles. The van der Waals surface area contributed by atoms with Crippen LogP contribution in [0, 0.1) is 18.7 Å². The van der Waals surface area contributed by atoms with Gasteiger partial charge in [-0.1, -0.05) is 44.2 Å². The third-order valence-corrected chi connectivity index (χ3v) is 7.02. The third kappa shape index (κ3) is 7.29. The van der Waals surface area contributed by atoms with Gasteiger partial charge < -0.3 is 15.0 Å². The van der Waals surface area contributed by atoms with E-state index in [4.69, 9.17) is 16.3 Å². The van der Waals surface area contributed by atoms with Gasteiger partial charge in [0.25, 0.3) is 5.91 Å². The Kier molecular flexibility index (Phi) is 10.7. The second-order valence-corrected chi connectivity index (χ2v) is 10.1. The van der Waals surface area contributed by atoms with Crippen molar-refractivity contribution < 1.29 is 18.7 Å². The van der Waals surface area contributed by atoms with Gasteiger partial charge in [-0.15, -0.1) is 24.0 Å². The van der Waals surface area contributed by atoms with E-state index in [0.29, 0.717) is 48.3 Å². The van der Waals surface area contributed by atoms with Crippen LogP contribution in [0.2, 0.25) is 0 Å². The summed E-state index contributed by atoms with van der Waals surface area (Å²) in [5.74, 6) is 0.220. The minimum absolute atomic E-state index is 0. The molecule has 3 aromatic carbocycles. The Balaban J connectivity index is 0.00000420. The molecule has 0 saturated carbocycles. The first-order chi connectivity index (χ1) is 18.3. The van der Waals surface area contributed by atoms with Crippen molar-refractivity contribution in [3.05, 3.63) is 89.7 Å². The van der Waals surface area contributed by atoms with Crippen molar-refractivity contribution >= 4 is 41.5 Å². The van der Waals surface area contributed by atoms with Crippen LogP contribution in [0.1, 0.15) is 31.0 Å². The monoisotopic (exact) mass is 573 g/mol. The molecule has 2 atom stereocenters. The summed E-state index contributed by atoms with van der Waals surface area (Å²) >= 11 is 6.09. The summed E-state index contributed by atoms with van der Waals surface area (Å²) in [7, 11) is 0. The standard InChI is InChI=1S/C30H33ClFN3O3.ClH/c1-20(2)26-19-34(16-15-33-26)30(37)29(22-9-11-23(32)12-10-22)35(28(36)18-31)27-14-13-25(17-21(27)3)38-24-7-5-4-6-8-24;/h4-14,17,20,26,29,33H,15-16,18-19H2,1-3H3;1H/t26-,29+;/m0./s1. The number of para-hydroxylation sites is 1. The van der Waals surface area contributed by atoms with Gasteiger partial charge in [0.15, 0.2) is 0 Å². The Bertz CT molecular complexity index is 1260. The second kappa shape index (κ2) is 13.8. The molecule has 0 spiro atoms. The molecule has 39 heavy (non-hydrogen) atoms. The fraction of sp³-hybridized carbons (Fsp3) is 0.333. The minimum atomic E-state index is -1.01. The molecule has 9 heteroatoms. The van der Waals surface area contributed by atoms with Gasteiger partial charge in [-0.3, -0.25) is 14.5 Å². The van der Waals surface area contributed by atoms with Crippen LogP contribution in [0.25, 0.3) is 0 Å². The maximum absolute atomic E-state index is 14.1. The molecule has 4 rings (SSSR count). The van der Waals surface area contributed by atoms with Crippen molar-refractivity contribution in [1.29, 1.82) is 0 Å². The van der Waals surface area contributed by atoms with Crippen molar-refractivity contribution in [1.82, 2.24) is 10.2 Å². The van der Waals surface area contributed by atoms with Gasteiger partial charge in [-0.05, 0) is 66.4 Å². The lowest BCUT2D eigenvalue weighted by atomic mass is 9.98. The van der Waals surface area contributed by atoms with Crippen LogP contribution in [0.15, 0.2) is 72.8 Å². The number of hydrogen-bond acceptors (Lipinski definition) is 4. The van der Waals surface area contributed by atoms with E-state index in [1.165, 1.54) is 17.0 Å². The summed E-state index contributed by atoms with van der Waals surface area (Å²) in [6.07, 6.45) is 0. The molecule has 1 N–H and O–H groups in total.